The molecule has 0 bridgehead atoms. The van der Waals surface area contributed by atoms with Crippen LogP contribution in [0.2, 0.25) is 0 Å². The van der Waals surface area contributed by atoms with E-state index >= 15 is 0 Å². The lowest BCUT2D eigenvalue weighted by molar-refractivity contribution is 0.0691. The van der Waals surface area contributed by atoms with Gasteiger partial charge < -0.3 is 5.11 Å². The second-order valence-electron chi connectivity index (χ2n) is 5.00. The van der Waals surface area contributed by atoms with E-state index in [2.05, 4.69) is 9.44 Å². The number of carboxylic acids is 1. The van der Waals surface area contributed by atoms with Crippen molar-refractivity contribution >= 4 is 37.4 Å². The van der Waals surface area contributed by atoms with Gasteiger partial charge in [-0.2, -0.15) is 0 Å². The number of hydrogen-bond acceptors (Lipinski definition) is 5. The highest BCUT2D eigenvalue weighted by Crippen LogP contribution is 2.20. The molecule has 0 heterocycles. The van der Waals surface area contributed by atoms with E-state index < -0.39 is 42.3 Å². The van der Waals surface area contributed by atoms with Crippen LogP contribution in [0.5, 0.6) is 0 Å². The molecule has 0 aromatic heterocycles. The number of benzene rings is 2. The van der Waals surface area contributed by atoms with Crippen molar-refractivity contribution < 1.29 is 31.1 Å². The molecule has 0 aliphatic heterocycles. The van der Waals surface area contributed by atoms with Gasteiger partial charge in [-0.15, -0.1) is 0 Å². The van der Waals surface area contributed by atoms with E-state index in [1.165, 1.54) is 24.3 Å². The minimum Gasteiger partial charge on any atom is -0.478 e. The van der Waals surface area contributed by atoms with Crippen molar-refractivity contribution in [1.82, 2.24) is 0 Å². The number of carbonyl (C=O) groups is 1. The Morgan fingerprint density at radius 2 is 1.48 bits per heavy atom. The lowest BCUT2D eigenvalue weighted by Gasteiger charge is -2.10. The fourth-order valence-corrected chi connectivity index (χ4v) is 3.52. The summed E-state index contributed by atoms with van der Waals surface area (Å²) in [5.74, 6) is -2.64. The Labute approximate surface area is 143 Å². The van der Waals surface area contributed by atoms with Crippen LogP contribution < -0.4 is 9.44 Å². The van der Waals surface area contributed by atoms with Crippen molar-refractivity contribution in [2.75, 3.05) is 15.7 Å². The maximum Gasteiger partial charge on any atom is 0.338 e. The summed E-state index contributed by atoms with van der Waals surface area (Å²) in [6, 6.07) is 7.69. The molecule has 0 spiro atoms. The Balaban J connectivity index is 2.27. The lowest BCUT2D eigenvalue weighted by Crippen LogP contribution is -2.14. The summed E-state index contributed by atoms with van der Waals surface area (Å²) in [5, 5.41) is 8.86. The SMILES string of the molecule is CS(=O)(=O)Nc1ccc(NS(=O)(=O)c2ccc(F)c(C(=O)O)c2)cc1. The highest BCUT2D eigenvalue weighted by atomic mass is 32.2. The molecule has 0 unspecified atom stereocenters. The maximum absolute atomic E-state index is 13.4. The third-order valence-electron chi connectivity index (χ3n) is 2.92. The number of anilines is 2. The molecule has 2 aromatic rings. The average Bonchev–Trinajstić information content (AvgIpc) is 2.47. The van der Waals surface area contributed by atoms with Gasteiger partial charge in [0.2, 0.25) is 10.0 Å². The summed E-state index contributed by atoms with van der Waals surface area (Å²) in [7, 11) is -7.62. The van der Waals surface area contributed by atoms with E-state index in [1.807, 2.05) is 0 Å². The highest BCUT2D eigenvalue weighted by molar-refractivity contribution is 7.92. The monoisotopic (exact) mass is 388 g/mol. The topological polar surface area (TPSA) is 130 Å². The number of halogens is 1. The highest BCUT2D eigenvalue weighted by Gasteiger charge is 2.19. The summed E-state index contributed by atoms with van der Waals surface area (Å²) < 4.78 is 64.5. The van der Waals surface area contributed by atoms with E-state index in [-0.39, 0.29) is 11.4 Å². The standard InChI is InChI=1S/C14H13FN2O6S2/c1-24(20,21)16-9-2-4-10(5-3-9)17-25(22,23)11-6-7-13(15)12(8-11)14(18)19/h2-8,16-17H,1H3,(H,18,19). The first kappa shape index (κ1) is 18.7. The fourth-order valence-electron chi connectivity index (χ4n) is 1.87. The van der Waals surface area contributed by atoms with Gasteiger partial charge in [0.05, 0.1) is 16.7 Å². The normalized spacial score (nSPS) is 11.8. The fraction of sp³-hybridized carbons (Fsp3) is 0.0714. The van der Waals surface area contributed by atoms with E-state index in [4.69, 9.17) is 5.11 Å². The zero-order valence-corrected chi connectivity index (χ0v) is 14.4. The predicted octanol–water partition coefficient (Wildman–Crippen LogP) is 1.70. The van der Waals surface area contributed by atoms with Crippen LogP contribution in [-0.2, 0) is 20.0 Å². The van der Waals surface area contributed by atoms with Gasteiger partial charge >= 0.3 is 5.97 Å². The predicted molar refractivity (Wildman–Crippen MR) is 89.1 cm³/mol. The van der Waals surface area contributed by atoms with E-state index in [9.17, 15) is 26.0 Å². The van der Waals surface area contributed by atoms with Crippen LogP contribution >= 0.6 is 0 Å². The number of aromatic carboxylic acids is 1. The van der Waals surface area contributed by atoms with Crippen molar-refractivity contribution in [2.24, 2.45) is 0 Å². The third kappa shape index (κ3) is 4.90. The van der Waals surface area contributed by atoms with Crippen molar-refractivity contribution in [3.8, 4) is 0 Å². The molecule has 8 nitrogen and oxygen atoms in total. The lowest BCUT2D eigenvalue weighted by atomic mass is 10.2. The molecule has 134 valence electrons. The Kier molecular flexibility index (Phi) is 4.99. The molecule has 0 saturated heterocycles. The summed E-state index contributed by atoms with van der Waals surface area (Å²) in [5.41, 5.74) is -0.420. The van der Waals surface area contributed by atoms with E-state index in [0.717, 1.165) is 18.4 Å². The molecule has 0 saturated carbocycles. The van der Waals surface area contributed by atoms with Crippen LogP contribution in [0.1, 0.15) is 10.4 Å². The van der Waals surface area contributed by atoms with E-state index in [0.29, 0.717) is 6.07 Å². The second kappa shape index (κ2) is 6.69. The molecular weight excluding hydrogens is 375 g/mol. The molecule has 25 heavy (non-hydrogen) atoms. The van der Waals surface area contributed by atoms with Crippen molar-refractivity contribution in [3.63, 3.8) is 0 Å². The maximum atomic E-state index is 13.4. The van der Waals surface area contributed by atoms with Crippen molar-refractivity contribution in [1.29, 1.82) is 0 Å². The first-order valence-corrected chi connectivity index (χ1v) is 9.99. The zero-order chi connectivity index (χ0) is 18.8. The number of rotatable bonds is 6. The Hall–Kier alpha value is -2.66. The molecule has 2 aromatic carbocycles. The Morgan fingerprint density at radius 3 is 1.96 bits per heavy atom. The molecule has 0 radical (unpaired) electrons. The second-order valence-corrected chi connectivity index (χ2v) is 8.43. The van der Waals surface area contributed by atoms with Crippen LogP contribution in [0, 0.1) is 5.82 Å². The smallest absolute Gasteiger partial charge is 0.338 e. The molecule has 0 fully saturated rings. The first-order valence-electron chi connectivity index (χ1n) is 6.61. The van der Waals surface area contributed by atoms with E-state index in [1.54, 1.807) is 0 Å². The minimum absolute atomic E-state index is 0.111. The van der Waals surface area contributed by atoms with Crippen LogP contribution in [0.4, 0.5) is 15.8 Å². The molecule has 3 N–H and O–H groups in total. The number of sulfonamides is 2. The van der Waals surface area contributed by atoms with Gasteiger partial charge in [0.15, 0.2) is 0 Å². The van der Waals surface area contributed by atoms with Gasteiger partial charge in [-0.3, -0.25) is 9.44 Å². The third-order valence-corrected chi connectivity index (χ3v) is 4.90. The summed E-state index contributed by atoms with van der Waals surface area (Å²) in [4.78, 5) is 10.5. The summed E-state index contributed by atoms with van der Waals surface area (Å²) in [6.45, 7) is 0. The molecule has 2 rings (SSSR count). The van der Waals surface area contributed by atoms with Gasteiger partial charge in [0, 0.05) is 11.4 Å². The average molecular weight is 388 g/mol. The van der Waals surface area contributed by atoms with Crippen molar-refractivity contribution in [3.05, 3.63) is 53.8 Å². The van der Waals surface area contributed by atoms with Crippen LogP contribution in [0.3, 0.4) is 0 Å². The summed E-state index contributed by atoms with van der Waals surface area (Å²) >= 11 is 0. The quantitative estimate of drug-likeness (QED) is 0.691. The van der Waals surface area contributed by atoms with Gasteiger partial charge in [-0.1, -0.05) is 0 Å². The molecule has 11 heteroatoms. The number of nitrogens with one attached hydrogen (secondary N) is 2. The first-order chi connectivity index (χ1) is 11.5. The van der Waals surface area contributed by atoms with Crippen LogP contribution in [0.25, 0.3) is 0 Å². The zero-order valence-electron chi connectivity index (χ0n) is 12.7. The van der Waals surface area contributed by atoms with Crippen LogP contribution in [-0.4, -0.2) is 34.2 Å². The number of carboxylic acid groups (broad SMARTS) is 1. The Bertz CT molecular complexity index is 1020. The van der Waals surface area contributed by atoms with Gasteiger partial charge in [-0.05, 0) is 42.5 Å². The largest absolute Gasteiger partial charge is 0.478 e. The Morgan fingerprint density at radius 1 is 0.960 bits per heavy atom. The van der Waals surface area contributed by atoms with Gasteiger partial charge in [0.1, 0.15) is 5.82 Å². The van der Waals surface area contributed by atoms with Crippen molar-refractivity contribution in [2.45, 2.75) is 4.90 Å². The summed E-state index contributed by atoms with van der Waals surface area (Å²) in [6.07, 6.45) is 0.970. The van der Waals surface area contributed by atoms with Gasteiger partial charge in [-0.25, -0.2) is 26.0 Å². The number of hydrogen-bond donors (Lipinski definition) is 3. The molecule has 0 aliphatic rings. The minimum atomic E-state index is -4.15. The molecule has 0 atom stereocenters. The molecule has 0 amide bonds. The van der Waals surface area contributed by atoms with Crippen LogP contribution in [0.15, 0.2) is 47.4 Å². The molecular formula is C14H13FN2O6S2. The van der Waals surface area contributed by atoms with Gasteiger partial charge in [0.25, 0.3) is 10.0 Å². The molecule has 0 aliphatic carbocycles.